The Morgan fingerprint density at radius 3 is 1.33 bits per heavy atom. The lowest BCUT2D eigenvalue weighted by molar-refractivity contribution is 0.00190. The van der Waals surface area contributed by atoms with Crippen LogP contribution in [-0.2, 0) is 9.47 Å². The second kappa shape index (κ2) is 6.27. The molecule has 2 aromatic carbocycles. The van der Waals surface area contributed by atoms with Crippen LogP contribution in [0.4, 0.5) is 0 Å². The molecule has 0 aromatic heterocycles. The van der Waals surface area contributed by atoms with Gasteiger partial charge in [-0.25, -0.2) is 9.59 Å². The molecule has 0 fully saturated rings. The smallest absolute Gasteiger partial charge is 0.339 e. The fraction of sp³-hybridized carbons (Fsp3) is 0.400. The first kappa shape index (κ1) is 18.0. The monoisotopic (exact) mass is 328 g/mol. The number of carbonyl (C=O) groups excluding carboxylic acids is 2. The SMILES string of the molecule is CC(C)(C)OC(=O)c1cc2ccccc2cc1C(=O)OC(C)(C)C. The van der Waals surface area contributed by atoms with Crippen molar-refractivity contribution < 1.29 is 19.1 Å². The molecule has 0 amide bonds. The molecule has 0 bridgehead atoms. The Kier molecular flexibility index (Phi) is 4.70. The maximum Gasteiger partial charge on any atom is 0.339 e. The number of hydrogen-bond donors (Lipinski definition) is 0. The van der Waals surface area contributed by atoms with Crippen LogP contribution in [0.5, 0.6) is 0 Å². The highest BCUT2D eigenvalue weighted by molar-refractivity contribution is 6.07. The van der Waals surface area contributed by atoms with Crippen molar-refractivity contribution in [3.05, 3.63) is 47.5 Å². The summed E-state index contributed by atoms with van der Waals surface area (Å²) in [6, 6.07) is 10.9. The van der Waals surface area contributed by atoms with E-state index in [-0.39, 0.29) is 11.1 Å². The minimum absolute atomic E-state index is 0.220. The van der Waals surface area contributed by atoms with Crippen molar-refractivity contribution in [1.29, 1.82) is 0 Å². The molecule has 24 heavy (non-hydrogen) atoms. The van der Waals surface area contributed by atoms with Gasteiger partial charge in [-0.1, -0.05) is 24.3 Å². The van der Waals surface area contributed by atoms with Crippen molar-refractivity contribution in [2.24, 2.45) is 0 Å². The summed E-state index contributed by atoms with van der Waals surface area (Å²) in [6.45, 7) is 10.7. The summed E-state index contributed by atoms with van der Waals surface area (Å²) >= 11 is 0. The Labute approximate surface area is 142 Å². The van der Waals surface area contributed by atoms with Crippen molar-refractivity contribution in [2.75, 3.05) is 0 Å². The van der Waals surface area contributed by atoms with E-state index in [0.717, 1.165) is 10.8 Å². The van der Waals surface area contributed by atoms with Crippen LogP contribution < -0.4 is 0 Å². The van der Waals surface area contributed by atoms with Gasteiger partial charge in [-0.05, 0) is 64.4 Å². The summed E-state index contributed by atoms with van der Waals surface area (Å²) in [5.74, 6) is -1.07. The average Bonchev–Trinajstić information content (AvgIpc) is 2.42. The molecular formula is C20H24O4. The zero-order chi connectivity index (χ0) is 18.1. The van der Waals surface area contributed by atoms with Gasteiger partial charge in [-0.15, -0.1) is 0 Å². The molecule has 0 heterocycles. The van der Waals surface area contributed by atoms with Crippen LogP contribution in [0.15, 0.2) is 36.4 Å². The van der Waals surface area contributed by atoms with Gasteiger partial charge in [0.2, 0.25) is 0 Å². The van der Waals surface area contributed by atoms with Crippen molar-refractivity contribution in [1.82, 2.24) is 0 Å². The number of hydrogen-bond acceptors (Lipinski definition) is 4. The van der Waals surface area contributed by atoms with E-state index in [1.165, 1.54) is 0 Å². The summed E-state index contributed by atoms with van der Waals surface area (Å²) in [5, 5.41) is 1.73. The number of ether oxygens (including phenoxy) is 2. The van der Waals surface area contributed by atoms with Gasteiger partial charge in [0.25, 0.3) is 0 Å². The first-order valence-electron chi connectivity index (χ1n) is 7.96. The van der Waals surface area contributed by atoms with Crippen LogP contribution in [0.3, 0.4) is 0 Å². The summed E-state index contributed by atoms with van der Waals surface area (Å²) < 4.78 is 10.9. The van der Waals surface area contributed by atoms with Gasteiger partial charge in [0.1, 0.15) is 11.2 Å². The number of carbonyl (C=O) groups is 2. The van der Waals surface area contributed by atoms with Gasteiger partial charge in [0.05, 0.1) is 11.1 Å². The standard InChI is InChI=1S/C20H24O4/c1-19(2,3)23-17(21)15-11-13-9-7-8-10-14(13)12-16(15)18(22)24-20(4,5)6/h7-12H,1-6H3. The molecule has 0 radical (unpaired) electrons. The fourth-order valence-electron chi connectivity index (χ4n) is 2.24. The maximum absolute atomic E-state index is 12.6. The minimum Gasteiger partial charge on any atom is -0.456 e. The largest absolute Gasteiger partial charge is 0.456 e. The second-order valence-corrected chi connectivity index (χ2v) is 7.75. The van der Waals surface area contributed by atoms with Gasteiger partial charge < -0.3 is 9.47 Å². The molecule has 0 aliphatic heterocycles. The van der Waals surface area contributed by atoms with Crippen molar-refractivity contribution in [3.63, 3.8) is 0 Å². The van der Waals surface area contributed by atoms with Crippen LogP contribution in [0.2, 0.25) is 0 Å². The molecule has 4 nitrogen and oxygen atoms in total. The van der Waals surface area contributed by atoms with Crippen molar-refractivity contribution >= 4 is 22.7 Å². The number of rotatable bonds is 2. The molecule has 0 saturated carbocycles. The highest BCUT2D eigenvalue weighted by atomic mass is 16.6. The zero-order valence-electron chi connectivity index (χ0n) is 15.1. The van der Waals surface area contributed by atoms with Gasteiger partial charge >= 0.3 is 11.9 Å². The highest BCUT2D eigenvalue weighted by Gasteiger charge is 2.26. The van der Waals surface area contributed by atoms with E-state index in [2.05, 4.69) is 0 Å². The van der Waals surface area contributed by atoms with E-state index in [9.17, 15) is 9.59 Å². The second-order valence-electron chi connectivity index (χ2n) is 7.75. The van der Waals surface area contributed by atoms with Crippen LogP contribution in [0.25, 0.3) is 10.8 Å². The summed E-state index contributed by atoms with van der Waals surface area (Å²) in [5.41, 5.74) is -0.849. The summed E-state index contributed by atoms with van der Waals surface area (Å²) in [6.07, 6.45) is 0. The third-order valence-electron chi connectivity index (χ3n) is 3.12. The van der Waals surface area contributed by atoms with Crippen LogP contribution in [0.1, 0.15) is 62.3 Å². The molecular weight excluding hydrogens is 304 g/mol. The predicted molar refractivity (Wildman–Crippen MR) is 94.3 cm³/mol. The molecule has 2 rings (SSSR count). The third-order valence-corrected chi connectivity index (χ3v) is 3.12. The molecule has 0 aliphatic carbocycles. The Morgan fingerprint density at radius 2 is 1.04 bits per heavy atom. The van der Waals surface area contributed by atoms with E-state index in [0.29, 0.717) is 0 Å². The molecule has 0 N–H and O–H groups in total. The number of esters is 2. The first-order chi connectivity index (χ1) is 11.0. The Morgan fingerprint density at radius 1 is 0.708 bits per heavy atom. The lowest BCUT2D eigenvalue weighted by atomic mass is 10.0. The van der Waals surface area contributed by atoms with Crippen molar-refractivity contribution in [2.45, 2.75) is 52.7 Å². The van der Waals surface area contributed by atoms with E-state index in [4.69, 9.17) is 9.47 Å². The summed E-state index contributed by atoms with van der Waals surface area (Å²) in [7, 11) is 0. The van der Waals surface area contributed by atoms with E-state index in [1.807, 2.05) is 24.3 Å². The van der Waals surface area contributed by atoms with E-state index >= 15 is 0 Å². The molecule has 0 saturated heterocycles. The summed E-state index contributed by atoms with van der Waals surface area (Å²) in [4.78, 5) is 25.1. The van der Waals surface area contributed by atoms with E-state index in [1.54, 1.807) is 53.7 Å². The fourth-order valence-corrected chi connectivity index (χ4v) is 2.24. The first-order valence-corrected chi connectivity index (χ1v) is 7.96. The van der Waals surface area contributed by atoms with Crippen LogP contribution >= 0.6 is 0 Å². The molecule has 2 aromatic rings. The predicted octanol–water partition coefficient (Wildman–Crippen LogP) is 4.75. The zero-order valence-corrected chi connectivity index (χ0v) is 15.1. The van der Waals surface area contributed by atoms with Gasteiger partial charge in [0.15, 0.2) is 0 Å². The third kappa shape index (κ3) is 4.57. The van der Waals surface area contributed by atoms with Crippen LogP contribution in [0, 0.1) is 0 Å². The molecule has 0 atom stereocenters. The Balaban J connectivity index is 2.55. The van der Waals surface area contributed by atoms with Gasteiger partial charge in [-0.2, -0.15) is 0 Å². The average molecular weight is 328 g/mol. The molecule has 4 heteroatoms. The number of benzene rings is 2. The molecule has 0 aliphatic rings. The van der Waals surface area contributed by atoms with Gasteiger partial charge in [0, 0.05) is 0 Å². The Bertz CT molecular complexity index is 710. The van der Waals surface area contributed by atoms with Crippen molar-refractivity contribution in [3.8, 4) is 0 Å². The molecule has 0 spiro atoms. The minimum atomic E-state index is -0.645. The number of fused-ring (bicyclic) bond motifs is 1. The molecule has 0 unspecified atom stereocenters. The lowest BCUT2D eigenvalue weighted by Crippen LogP contribution is -2.28. The van der Waals surface area contributed by atoms with Crippen LogP contribution in [-0.4, -0.2) is 23.1 Å². The maximum atomic E-state index is 12.6. The lowest BCUT2D eigenvalue weighted by Gasteiger charge is -2.23. The molecule has 128 valence electrons. The van der Waals surface area contributed by atoms with E-state index < -0.39 is 23.1 Å². The van der Waals surface area contributed by atoms with Gasteiger partial charge in [-0.3, -0.25) is 0 Å². The Hall–Kier alpha value is -2.36. The quantitative estimate of drug-likeness (QED) is 0.747. The normalized spacial score (nSPS) is 12.1. The topological polar surface area (TPSA) is 52.6 Å². The highest BCUT2D eigenvalue weighted by Crippen LogP contribution is 2.24.